The summed E-state index contributed by atoms with van der Waals surface area (Å²) in [6, 6.07) is 16.3. The summed E-state index contributed by atoms with van der Waals surface area (Å²) in [6.45, 7) is 0.292. The number of para-hydroxylation sites is 1. The van der Waals surface area contributed by atoms with E-state index in [1.54, 1.807) is 27.8 Å². The fraction of sp³-hybridized carbons (Fsp3) is 0.263. The van der Waals surface area contributed by atoms with Gasteiger partial charge in [0.05, 0.1) is 11.4 Å². The number of tetrazole rings is 1. The van der Waals surface area contributed by atoms with E-state index >= 15 is 0 Å². The van der Waals surface area contributed by atoms with E-state index in [2.05, 4.69) is 15.5 Å². The SMILES string of the molecule is O=C(CSc1nnnn1-c1ccccc1)N(Cc1ccccc1F)C1CC1. The normalized spacial score (nSPS) is 13.5. The van der Waals surface area contributed by atoms with Crippen LogP contribution in [0.4, 0.5) is 4.39 Å². The first kappa shape index (κ1) is 17.7. The van der Waals surface area contributed by atoms with Gasteiger partial charge < -0.3 is 4.90 Å². The number of halogens is 1. The van der Waals surface area contributed by atoms with Crippen LogP contribution in [0.3, 0.4) is 0 Å². The van der Waals surface area contributed by atoms with Gasteiger partial charge in [-0.1, -0.05) is 48.2 Å². The van der Waals surface area contributed by atoms with Crippen LogP contribution in [-0.2, 0) is 11.3 Å². The van der Waals surface area contributed by atoms with Gasteiger partial charge in [0.15, 0.2) is 0 Å². The molecule has 4 rings (SSSR count). The van der Waals surface area contributed by atoms with E-state index in [1.807, 2.05) is 30.3 Å². The molecular weight excluding hydrogens is 365 g/mol. The number of hydrogen-bond donors (Lipinski definition) is 0. The van der Waals surface area contributed by atoms with Gasteiger partial charge in [-0.3, -0.25) is 4.79 Å². The quantitative estimate of drug-likeness (QED) is 0.587. The zero-order chi connectivity index (χ0) is 18.6. The molecule has 1 aliphatic rings. The maximum Gasteiger partial charge on any atom is 0.233 e. The molecule has 1 amide bonds. The maximum absolute atomic E-state index is 14.0. The molecule has 6 nitrogen and oxygen atoms in total. The summed E-state index contributed by atoms with van der Waals surface area (Å²) in [6.07, 6.45) is 1.93. The van der Waals surface area contributed by atoms with Crippen molar-refractivity contribution >= 4 is 17.7 Å². The highest BCUT2D eigenvalue weighted by molar-refractivity contribution is 7.99. The van der Waals surface area contributed by atoms with E-state index in [4.69, 9.17) is 0 Å². The molecule has 27 heavy (non-hydrogen) atoms. The molecule has 8 heteroatoms. The molecule has 0 atom stereocenters. The minimum absolute atomic E-state index is 0.0339. The number of benzene rings is 2. The Kier molecular flexibility index (Phi) is 5.15. The van der Waals surface area contributed by atoms with Crippen LogP contribution in [-0.4, -0.2) is 42.8 Å². The van der Waals surface area contributed by atoms with E-state index in [0.29, 0.717) is 17.3 Å². The van der Waals surface area contributed by atoms with E-state index in [9.17, 15) is 9.18 Å². The summed E-state index contributed by atoms with van der Waals surface area (Å²) >= 11 is 1.29. The Morgan fingerprint density at radius 1 is 1.15 bits per heavy atom. The number of nitrogens with zero attached hydrogens (tertiary/aromatic N) is 5. The minimum Gasteiger partial charge on any atom is -0.335 e. The number of carbonyl (C=O) groups excluding carboxylic acids is 1. The molecule has 0 aliphatic heterocycles. The van der Waals surface area contributed by atoms with Crippen LogP contribution < -0.4 is 0 Å². The van der Waals surface area contributed by atoms with Crippen molar-refractivity contribution in [1.82, 2.24) is 25.1 Å². The van der Waals surface area contributed by atoms with E-state index < -0.39 is 0 Å². The third-order valence-corrected chi connectivity index (χ3v) is 5.28. The Hall–Kier alpha value is -2.74. The van der Waals surface area contributed by atoms with Gasteiger partial charge in [-0.15, -0.1) is 5.10 Å². The van der Waals surface area contributed by atoms with Gasteiger partial charge in [-0.2, -0.15) is 4.68 Å². The van der Waals surface area contributed by atoms with Crippen LogP contribution in [0, 0.1) is 5.82 Å². The van der Waals surface area contributed by atoms with Gasteiger partial charge in [0.25, 0.3) is 0 Å². The predicted molar refractivity (Wildman–Crippen MR) is 99.9 cm³/mol. The minimum atomic E-state index is -0.281. The fourth-order valence-corrected chi connectivity index (χ4v) is 3.60. The second-order valence-corrected chi connectivity index (χ2v) is 7.28. The third-order valence-electron chi connectivity index (χ3n) is 4.37. The summed E-state index contributed by atoms with van der Waals surface area (Å²) in [5.41, 5.74) is 1.37. The van der Waals surface area contributed by atoms with Crippen molar-refractivity contribution in [2.45, 2.75) is 30.6 Å². The van der Waals surface area contributed by atoms with Crippen LogP contribution in [0.1, 0.15) is 18.4 Å². The Morgan fingerprint density at radius 2 is 1.89 bits per heavy atom. The van der Waals surface area contributed by atoms with E-state index in [0.717, 1.165) is 18.5 Å². The molecule has 0 unspecified atom stereocenters. The molecular formula is C19H18FN5OS. The Balaban J connectivity index is 1.44. The predicted octanol–water partition coefficient (Wildman–Crippen LogP) is 3.08. The van der Waals surface area contributed by atoms with E-state index in [1.165, 1.54) is 17.8 Å². The first-order valence-corrected chi connectivity index (χ1v) is 9.70. The largest absolute Gasteiger partial charge is 0.335 e. The van der Waals surface area contributed by atoms with Gasteiger partial charge in [0, 0.05) is 18.2 Å². The lowest BCUT2D eigenvalue weighted by Gasteiger charge is -2.22. The van der Waals surface area contributed by atoms with Gasteiger partial charge >= 0.3 is 0 Å². The van der Waals surface area contributed by atoms with Crippen molar-refractivity contribution in [3.05, 3.63) is 66.0 Å². The van der Waals surface area contributed by atoms with Crippen LogP contribution in [0.5, 0.6) is 0 Å². The summed E-state index contributed by atoms with van der Waals surface area (Å²) in [4.78, 5) is 14.6. The summed E-state index contributed by atoms with van der Waals surface area (Å²) in [5.74, 6) is -0.108. The van der Waals surface area contributed by atoms with Gasteiger partial charge in [0.2, 0.25) is 11.1 Å². The standard InChI is InChI=1S/C19H18FN5OS/c20-17-9-5-4-6-14(17)12-24(15-10-11-15)18(26)13-27-19-21-22-23-25(19)16-7-2-1-3-8-16/h1-9,15H,10-13H2. The van der Waals surface area contributed by atoms with Crippen LogP contribution in [0.15, 0.2) is 59.8 Å². The number of aromatic nitrogens is 4. The molecule has 1 fully saturated rings. The van der Waals surface area contributed by atoms with E-state index in [-0.39, 0.29) is 23.5 Å². The van der Waals surface area contributed by atoms with Crippen LogP contribution >= 0.6 is 11.8 Å². The molecule has 1 aromatic heterocycles. The number of amides is 1. The monoisotopic (exact) mass is 383 g/mol. The Bertz CT molecular complexity index is 929. The highest BCUT2D eigenvalue weighted by Gasteiger charge is 2.33. The third kappa shape index (κ3) is 4.16. The number of carbonyl (C=O) groups is 1. The van der Waals surface area contributed by atoms with Gasteiger partial charge in [-0.05, 0) is 41.5 Å². The Morgan fingerprint density at radius 3 is 2.63 bits per heavy atom. The Labute approximate surface area is 160 Å². The van der Waals surface area contributed by atoms with Crippen molar-refractivity contribution < 1.29 is 9.18 Å². The first-order valence-electron chi connectivity index (χ1n) is 8.72. The number of hydrogen-bond acceptors (Lipinski definition) is 5. The maximum atomic E-state index is 14.0. The zero-order valence-electron chi connectivity index (χ0n) is 14.5. The topological polar surface area (TPSA) is 63.9 Å². The summed E-state index contributed by atoms with van der Waals surface area (Å²) in [5, 5.41) is 12.3. The lowest BCUT2D eigenvalue weighted by atomic mass is 10.2. The highest BCUT2D eigenvalue weighted by Crippen LogP contribution is 2.30. The molecule has 0 N–H and O–H groups in total. The zero-order valence-corrected chi connectivity index (χ0v) is 15.3. The molecule has 1 aliphatic carbocycles. The second-order valence-electron chi connectivity index (χ2n) is 6.34. The fourth-order valence-electron chi connectivity index (χ4n) is 2.83. The lowest BCUT2D eigenvalue weighted by Crippen LogP contribution is -2.34. The van der Waals surface area contributed by atoms with Crippen molar-refractivity contribution in [3.8, 4) is 5.69 Å². The molecule has 1 saturated carbocycles. The summed E-state index contributed by atoms with van der Waals surface area (Å²) < 4.78 is 15.6. The van der Waals surface area contributed by atoms with Crippen LogP contribution in [0.25, 0.3) is 5.69 Å². The average molecular weight is 383 g/mol. The van der Waals surface area contributed by atoms with Gasteiger partial charge in [-0.25, -0.2) is 4.39 Å². The lowest BCUT2D eigenvalue weighted by molar-refractivity contribution is -0.129. The van der Waals surface area contributed by atoms with Crippen molar-refractivity contribution in [2.75, 3.05) is 5.75 Å². The van der Waals surface area contributed by atoms with Gasteiger partial charge in [0.1, 0.15) is 5.82 Å². The smallest absolute Gasteiger partial charge is 0.233 e. The molecule has 1 heterocycles. The van der Waals surface area contributed by atoms with Crippen molar-refractivity contribution in [2.24, 2.45) is 0 Å². The van der Waals surface area contributed by atoms with Crippen LogP contribution in [0.2, 0.25) is 0 Å². The van der Waals surface area contributed by atoms with Crippen molar-refractivity contribution in [3.63, 3.8) is 0 Å². The first-order chi connectivity index (χ1) is 13.2. The number of rotatable bonds is 7. The molecule has 138 valence electrons. The molecule has 2 aromatic carbocycles. The molecule has 0 spiro atoms. The molecule has 0 saturated heterocycles. The molecule has 0 bridgehead atoms. The molecule has 0 radical (unpaired) electrons. The summed E-state index contributed by atoms with van der Waals surface area (Å²) in [7, 11) is 0. The number of thioether (sulfide) groups is 1. The van der Waals surface area contributed by atoms with Crippen molar-refractivity contribution in [1.29, 1.82) is 0 Å². The average Bonchev–Trinajstić information content (AvgIpc) is 3.43. The molecule has 3 aromatic rings. The second kappa shape index (κ2) is 7.87. The highest BCUT2D eigenvalue weighted by atomic mass is 32.2.